The summed E-state index contributed by atoms with van der Waals surface area (Å²) in [6.45, 7) is 2.60. The number of benzene rings is 2. The molecule has 0 saturated heterocycles. The van der Waals surface area contributed by atoms with Crippen LogP contribution < -0.4 is 15.0 Å². The molecule has 0 saturated carbocycles. The number of Topliss-reactive ketones (excluding diaryl/α,β-unsaturated/α-hetero) is 1. The van der Waals surface area contributed by atoms with Crippen LogP contribution >= 0.6 is 11.6 Å². The molecule has 7 heteroatoms. The quantitative estimate of drug-likeness (QED) is 0.710. The molecule has 0 unspecified atom stereocenters. The number of ketones is 1. The first-order valence-corrected chi connectivity index (χ1v) is 9.51. The van der Waals surface area contributed by atoms with Crippen LogP contribution in [0.1, 0.15) is 36.5 Å². The summed E-state index contributed by atoms with van der Waals surface area (Å²) in [6.07, 6.45) is 0.975. The minimum absolute atomic E-state index is 0.0194. The van der Waals surface area contributed by atoms with Gasteiger partial charge in [-0.3, -0.25) is 14.4 Å². The zero-order valence-corrected chi connectivity index (χ0v) is 16.3. The zero-order valence-electron chi connectivity index (χ0n) is 15.5. The van der Waals surface area contributed by atoms with E-state index in [4.69, 9.17) is 16.3 Å². The molecule has 2 amide bonds. The Morgan fingerprint density at radius 1 is 1.14 bits per heavy atom. The number of amides is 2. The smallest absolute Gasteiger partial charge is 0.265 e. The minimum Gasteiger partial charge on any atom is -0.482 e. The molecule has 0 aromatic heterocycles. The summed E-state index contributed by atoms with van der Waals surface area (Å²) in [4.78, 5) is 38.2. The lowest BCUT2D eigenvalue weighted by Gasteiger charge is -2.29. The molecule has 0 bridgehead atoms. The summed E-state index contributed by atoms with van der Waals surface area (Å²) < 4.78 is 5.45. The predicted molar refractivity (Wildman–Crippen MR) is 108 cm³/mol. The van der Waals surface area contributed by atoms with Crippen molar-refractivity contribution in [3.8, 4) is 5.75 Å². The maximum atomic E-state index is 12.2. The molecule has 0 atom stereocenters. The summed E-state index contributed by atoms with van der Waals surface area (Å²) >= 11 is 5.81. The number of fused-ring (bicyclic) bond motifs is 1. The van der Waals surface area contributed by atoms with Gasteiger partial charge in [-0.05, 0) is 48.9 Å². The fraction of sp³-hybridized carbons (Fsp3) is 0.286. The summed E-state index contributed by atoms with van der Waals surface area (Å²) in [5.74, 6) is 0.119. The molecule has 28 heavy (non-hydrogen) atoms. The molecule has 1 aliphatic rings. The van der Waals surface area contributed by atoms with Crippen LogP contribution in [0, 0.1) is 0 Å². The van der Waals surface area contributed by atoms with Crippen molar-refractivity contribution in [3.63, 3.8) is 0 Å². The van der Waals surface area contributed by atoms with E-state index in [-0.39, 0.29) is 37.0 Å². The van der Waals surface area contributed by atoms with E-state index in [1.54, 1.807) is 47.4 Å². The highest BCUT2D eigenvalue weighted by atomic mass is 35.5. The molecule has 0 radical (unpaired) electrons. The highest BCUT2D eigenvalue weighted by molar-refractivity contribution is 6.30. The first kappa shape index (κ1) is 19.9. The molecule has 146 valence electrons. The number of anilines is 2. The van der Waals surface area contributed by atoms with Crippen LogP contribution in [0.25, 0.3) is 0 Å². The Bertz CT molecular complexity index is 896. The van der Waals surface area contributed by atoms with Crippen molar-refractivity contribution in [2.24, 2.45) is 0 Å². The number of carbonyl (C=O) groups excluding carboxylic acids is 3. The van der Waals surface area contributed by atoms with Crippen LogP contribution in [0.15, 0.2) is 42.5 Å². The number of carbonyl (C=O) groups is 3. The van der Waals surface area contributed by atoms with Gasteiger partial charge >= 0.3 is 0 Å². The Morgan fingerprint density at radius 2 is 1.89 bits per heavy atom. The number of nitrogens with one attached hydrogen (secondary N) is 1. The number of nitrogens with zero attached hydrogens (tertiary/aromatic N) is 1. The standard InChI is InChI=1S/C21H21ClN2O4/c1-2-11-24-17-12-16(7-9-19(17)28-13-21(24)27)23-20(26)10-8-18(25)14-3-5-15(22)6-4-14/h3-7,9,12H,2,8,10-11,13H2,1H3,(H,23,26). The van der Waals surface area contributed by atoms with Gasteiger partial charge in [0.25, 0.3) is 5.91 Å². The predicted octanol–water partition coefficient (Wildman–Crippen LogP) is 4.08. The molecule has 1 aliphatic heterocycles. The summed E-state index contributed by atoms with van der Waals surface area (Å²) in [5, 5.41) is 3.34. The van der Waals surface area contributed by atoms with Gasteiger partial charge in [-0.1, -0.05) is 18.5 Å². The first-order valence-electron chi connectivity index (χ1n) is 9.13. The highest BCUT2D eigenvalue weighted by Gasteiger charge is 2.25. The van der Waals surface area contributed by atoms with E-state index in [0.29, 0.717) is 34.3 Å². The molecule has 2 aromatic carbocycles. The van der Waals surface area contributed by atoms with Crippen LogP contribution in [0.3, 0.4) is 0 Å². The molecule has 0 aliphatic carbocycles. The molecule has 6 nitrogen and oxygen atoms in total. The maximum absolute atomic E-state index is 12.2. The summed E-state index contributed by atoms with van der Waals surface area (Å²) in [7, 11) is 0. The third kappa shape index (κ3) is 4.70. The van der Waals surface area contributed by atoms with Gasteiger partial charge < -0.3 is 15.0 Å². The van der Waals surface area contributed by atoms with Crippen LogP contribution in [0.5, 0.6) is 5.75 Å². The summed E-state index contributed by atoms with van der Waals surface area (Å²) in [5.41, 5.74) is 1.73. The van der Waals surface area contributed by atoms with Crippen LogP contribution in [0.4, 0.5) is 11.4 Å². The minimum atomic E-state index is -0.271. The van der Waals surface area contributed by atoms with Gasteiger partial charge in [0.05, 0.1) is 5.69 Å². The van der Waals surface area contributed by atoms with E-state index < -0.39 is 0 Å². The van der Waals surface area contributed by atoms with Crippen molar-refractivity contribution in [2.75, 3.05) is 23.4 Å². The molecule has 2 aromatic rings. The lowest BCUT2D eigenvalue weighted by molar-refractivity contribution is -0.121. The SMILES string of the molecule is CCCN1C(=O)COc2ccc(NC(=O)CCC(=O)c3ccc(Cl)cc3)cc21. The number of hydrogen-bond donors (Lipinski definition) is 1. The monoisotopic (exact) mass is 400 g/mol. The Morgan fingerprint density at radius 3 is 2.61 bits per heavy atom. The van der Waals surface area contributed by atoms with Crippen molar-refractivity contribution in [2.45, 2.75) is 26.2 Å². The van der Waals surface area contributed by atoms with Crippen molar-refractivity contribution >= 4 is 40.6 Å². The van der Waals surface area contributed by atoms with Gasteiger partial charge in [0.15, 0.2) is 12.4 Å². The van der Waals surface area contributed by atoms with E-state index >= 15 is 0 Å². The Balaban J connectivity index is 1.62. The maximum Gasteiger partial charge on any atom is 0.265 e. The second-order valence-corrected chi connectivity index (χ2v) is 6.93. The van der Waals surface area contributed by atoms with Crippen molar-refractivity contribution in [3.05, 3.63) is 53.1 Å². The van der Waals surface area contributed by atoms with Crippen LogP contribution in [-0.2, 0) is 9.59 Å². The van der Waals surface area contributed by atoms with Gasteiger partial charge in [-0.2, -0.15) is 0 Å². The zero-order chi connectivity index (χ0) is 20.1. The van der Waals surface area contributed by atoms with Gasteiger partial charge in [0.1, 0.15) is 5.75 Å². The van der Waals surface area contributed by atoms with Crippen molar-refractivity contribution < 1.29 is 19.1 Å². The molecule has 0 spiro atoms. The van der Waals surface area contributed by atoms with E-state index in [1.807, 2.05) is 6.92 Å². The number of hydrogen-bond acceptors (Lipinski definition) is 4. The van der Waals surface area contributed by atoms with E-state index in [1.165, 1.54) is 0 Å². The molecule has 0 fully saturated rings. The first-order chi connectivity index (χ1) is 13.5. The van der Waals surface area contributed by atoms with E-state index in [2.05, 4.69) is 5.32 Å². The van der Waals surface area contributed by atoms with Gasteiger partial charge in [0.2, 0.25) is 5.91 Å². The van der Waals surface area contributed by atoms with Crippen LogP contribution in [0.2, 0.25) is 5.02 Å². The Labute approximate surface area is 168 Å². The molecule has 3 rings (SSSR count). The van der Waals surface area contributed by atoms with Gasteiger partial charge in [-0.15, -0.1) is 0 Å². The van der Waals surface area contributed by atoms with Crippen molar-refractivity contribution in [1.29, 1.82) is 0 Å². The second-order valence-electron chi connectivity index (χ2n) is 6.49. The Kier molecular flexibility index (Phi) is 6.31. The highest BCUT2D eigenvalue weighted by Crippen LogP contribution is 2.34. The largest absolute Gasteiger partial charge is 0.482 e. The number of halogens is 1. The van der Waals surface area contributed by atoms with Gasteiger partial charge in [-0.25, -0.2) is 0 Å². The molecule has 1 N–H and O–H groups in total. The second kappa shape index (κ2) is 8.89. The van der Waals surface area contributed by atoms with Crippen LogP contribution in [-0.4, -0.2) is 30.7 Å². The molecular formula is C21H21ClN2O4. The third-order valence-electron chi connectivity index (χ3n) is 4.38. The topological polar surface area (TPSA) is 75.7 Å². The molecular weight excluding hydrogens is 380 g/mol. The normalized spacial score (nSPS) is 12.9. The summed E-state index contributed by atoms with van der Waals surface area (Å²) in [6, 6.07) is 11.8. The fourth-order valence-corrected chi connectivity index (χ4v) is 3.11. The van der Waals surface area contributed by atoms with Gasteiger partial charge in [0, 0.05) is 35.7 Å². The number of rotatable bonds is 7. The Hall–Kier alpha value is -2.86. The van der Waals surface area contributed by atoms with E-state index in [0.717, 1.165) is 6.42 Å². The lowest BCUT2D eigenvalue weighted by atomic mass is 10.1. The van der Waals surface area contributed by atoms with E-state index in [9.17, 15) is 14.4 Å². The third-order valence-corrected chi connectivity index (χ3v) is 4.63. The average Bonchev–Trinajstić information content (AvgIpc) is 2.69. The molecule has 1 heterocycles. The fourth-order valence-electron chi connectivity index (χ4n) is 2.98. The number of ether oxygens (including phenoxy) is 1. The average molecular weight is 401 g/mol. The van der Waals surface area contributed by atoms with Crippen molar-refractivity contribution in [1.82, 2.24) is 0 Å². The lowest BCUT2D eigenvalue weighted by Crippen LogP contribution is -2.39.